The largest absolute Gasteiger partial charge is 0.380 e. The van der Waals surface area contributed by atoms with Crippen molar-refractivity contribution in [2.24, 2.45) is 0 Å². The molecule has 0 saturated heterocycles. The fourth-order valence-electron chi connectivity index (χ4n) is 1.40. The molecule has 0 aromatic heterocycles. The van der Waals surface area contributed by atoms with Gasteiger partial charge in [-0.15, -0.1) is 0 Å². The van der Waals surface area contributed by atoms with Gasteiger partial charge in [-0.05, 0) is 17.4 Å². The van der Waals surface area contributed by atoms with Crippen molar-refractivity contribution in [2.45, 2.75) is 13.2 Å². The minimum absolute atomic E-state index is 0.0692. The van der Waals surface area contributed by atoms with Gasteiger partial charge in [0.1, 0.15) is 0 Å². The SMILES string of the molecule is COCc1ccccc1CNC(=O)CSC. The number of amides is 1. The van der Waals surface area contributed by atoms with Gasteiger partial charge in [0.15, 0.2) is 0 Å². The third-order valence-corrected chi connectivity index (χ3v) is 2.72. The first kappa shape index (κ1) is 13.1. The van der Waals surface area contributed by atoms with E-state index in [2.05, 4.69) is 5.32 Å². The van der Waals surface area contributed by atoms with Crippen LogP contribution in [0.1, 0.15) is 11.1 Å². The number of thioether (sulfide) groups is 1. The van der Waals surface area contributed by atoms with Crippen LogP contribution in [0.4, 0.5) is 0 Å². The van der Waals surface area contributed by atoms with Gasteiger partial charge in [0.2, 0.25) is 5.91 Å². The summed E-state index contributed by atoms with van der Waals surface area (Å²) in [6.45, 7) is 1.15. The molecule has 0 bridgehead atoms. The summed E-state index contributed by atoms with van der Waals surface area (Å²) in [5, 5.41) is 2.88. The smallest absolute Gasteiger partial charge is 0.230 e. The van der Waals surface area contributed by atoms with E-state index in [9.17, 15) is 4.79 Å². The molecule has 0 aliphatic rings. The quantitative estimate of drug-likeness (QED) is 0.823. The highest BCUT2D eigenvalue weighted by Crippen LogP contribution is 2.09. The molecule has 16 heavy (non-hydrogen) atoms. The number of hydrogen-bond acceptors (Lipinski definition) is 3. The molecule has 0 radical (unpaired) electrons. The summed E-state index contributed by atoms with van der Waals surface area (Å²) in [5.41, 5.74) is 2.23. The Hall–Kier alpha value is -1.000. The second kappa shape index (κ2) is 7.30. The first-order valence-electron chi connectivity index (χ1n) is 5.09. The zero-order valence-corrected chi connectivity index (χ0v) is 10.5. The molecule has 0 aliphatic heterocycles. The molecule has 0 fully saturated rings. The molecule has 88 valence electrons. The minimum Gasteiger partial charge on any atom is -0.380 e. The van der Waals surface area contributed by atoms with Crippen molar-refractivity contribution in [3.8, 4) is 0 Å². The number of benzene rings is 1. The van der Waals surface area contributed by atoms with E-state index in [4.69, 9.17) is 4.74 Å². The van der Waals surface area contributed by atoms with E-state index < -0.39 is 0 Å². The van der Waals surface area contributed by atoms with Crippen molar-refractivity contribution in [1.82, 2.24) is 5.32 Å². The molecule has 0 atom stereocenters. The van der Waals surface area contributed by atoms with Crippen LogP contribution in [-0.2, 0) is 22.7 Å². The van der Waals surface area contributed by atoms with Crippen molar-refractivity contribution in [1.29, 1.82) is 0 Å². The van der Waals surface area contributed by atoms with Crippen LogP contribution in [0, 0.1) is 0 Å². The van der Waals surface area contributed by atoms with E-state index in [1.807, 2.05) is 30.5 Å². The molecule has 1 aromatic carbocycles. The first-order chi connectivity index (χ1) is 7.77. The van der Waals surface area contributed by atoms with Crippen LogP contribution in [0.5, 0.6) is 0 Å². The lowest BCUT2D eigenvalue weighted by atomic mass is 10.1. The number of ether oxygens (including phenoxy) is 1. The van der Waals surface area contributed by atoms with Gasteiger partial charge < -0.3 is 10.1 Å². The van der Waals surface area contributed by atoms with Gasteiger partial charge in [0.25, 0.3) is 0 Å². The second-order valence-corrected chi connectivity index (χ2v) is 4.28. The van der Waals surface area contributed by atoms with Gasteiger partial charge in [0, 0.05) is 13.7 Å². The van der Waals surface area contributed by atoms with Crippen LogP contribution in [0.15, 0.2) is 24.3 Å². The van der Waals surface area contributed by atoms with Crippen LogP contribution >= 0.6 is 11.8 Å². The Morgan fingerprint density at radius 3 is 2.69 bits per heavy atom. The maximum atomic E-state index is 11.3. The fraction of sp³-hybridized carbons (Fsp3) is 0.417. The number of carbonyl (C=O) groups excluding carboxylic acids is 1. The molecule has 0 heterocycles. The fourth-order valence-corrected chi connectivity index (χ4v) is 1.77. The van der Waals surface area contributed by atoms with Gasteiger partial charge in [-0.3, -0.25) is 4.79 Å². The number of nitrogens with one attached hydrogen (secondary N) is 1. The normalized spacial score (nSPS) is 10.1. The summed E-state index contributed by atoms with van der Waals surface area (Å²) in [6, 6.07) is 7.96. The Balaban J connectivity index is 2.55. The highest BCUT2D eigenvalue weighted by atomic mass is 32.2. The van der Waals surface area contributed by atoms with E-state index >= 15 is 0 Å². The molecule has 0 saturated carbocycles. The molecule has 1 aromatic rings. The lowest BCUT2D eigenvalue weighted by molar-refractivity contribution is -0.118. The molecular formula is C12H17NO2S. The molecule has 0 aliphatic carbocycles. The molecule has 0 unspecified atom stereocenters. The Morgan fingerprint density at radius 2 is 2.06 bits per heavy atom. The first-order valence-corrected chi connectivity index (χ1v) is 6.48. The Morgan fingerprint density at radius 1 is 1.38 bits per heavy atom. The molecule has 1 N–H and O–H groups in total. The standard InChI is InChI=1S/C12H17NO2S/c1-15-8-11-6-4-3-5-10(11)7-13-12(14)9-16-2/h3-6H,7-9H2,1-2H3,(H,13,14). The maximum Gasteiger partial charge on any atom is 0.230 e. The third kappa shape index (κ3) is 4.24. The maximum absolute atomic E-state index is 11.3. The molecule has 4 heteroatoms. The van der Waals surface area contributed by atoms with Gasteiger partial charge in [-0.25, -0.2) is 0 Å². The van der Waals surface area contributed by atoms with E-state index in [1.165, 1.54) is 11.8 Å². The van der Waals surface area contributed by atoms with Gasteiger partial charge in [0.05, 0.1) is 12.4 Å². The summed E-state index contributed by atoms with van der Waals surface area (Å²) in [4.78, 5) is 11.3. The summed E-state index contributed by atoms with van der Waals surface area (Å²) in [5.74, 6) is 0.576. The summed E-state index contributed by atoms with van der Waals surface area (Å²) < 4.78 is 5.11. The van der Waals surface area contributed by atoms with Crippen LogP contribution in [0.2, 0.25) is 0 Å². The summed E-state index contributed by atoms with van der Waals surface area (Å²) in [6.07, 6.45) is 1.92. The monoisotopic (exact) mass is 239 g/mol. The zero-order valence-electron chi connectivity index (χ0n) is 9.66. The zero-order chi connectivity index (χ0) is 11.8. The summed E-state index contributed by atoms with van der Waals surface area (Å²) >= 11 is 1.52. The predicted molar refractivity (Wildman–Crippen MR) is 67.4 cm³/mol. The number of methoxy groups -OCH3 is 1. The molecule has 0 spiro atoms. The molecular weight excluding hydrogens is 222 g/mol. The van der Waals surface area contributed by atoms with E-state index in [0.717, 1.165) is 11.1 Å². The van der Waals surface area contributed by atoms with Crippen molar-refractivity contribution < 1.29 is 9.53 Å². The van der Waals surface area contributed by atoms with Crippen LogP contribution in [-0.4, -0.2) is 25.0 Å². The lowest BCUT2D eigenvalue weighted by Crippen LogP contribution is -2.25. The van der Waals surface area contributed by atoms with Crippen LogP contribution in [0.3, 0.4) is 0 Å². The Labute approximate surface area is 101 Å². The average molecular weight is 239 g/mol. The average Bonchev–Trinajstić information content (AvgIpc) is 2.29. The van der Waals surface area contributed by atoms with E-state index in [1.54, 1.807) is 7.11 Å². The Bertz CT molecular complexity index is 342. The Kier molecular flexibility index (Phi) is 5.96. The minimum atomic E-state index is 0.0692. The van der Waals surface area contributed by atoms with E-state index in [0.29, 0.717) is 18.9 Å². The van der Waals surface area contributed by atoms with Crippen molar-refractivity contribution >= 4 is 17.7 Å². The van der Waals surface area contributed by atoms with Gasteiger partial charge >= 0.3 is 0 Å². The molecule has 1 rings (SSSR count). The summed E-state index contributed by atoms with van der Waals surface area (Å²) in [7, 11) is 1.67. The second-order valence-electron chi connectivity index (χ2n) is 3.41. The van der Waals surface area contributed by atoms with Crippen LogP contribution < -0.4 is 5.32 Å². The van der Waals surface area contributed by atoms with Crippen LogP contribution in [0.25, 0.3) is 0 Å². The number of hydrogen-bond donors (Lipinski definition) is 1. The highest BCUT2D eigenvalue weighted by molar-refractivity contribution is 7.99. The van der Waals surface area contributed by atoms with Gasteiger partial charge in [-0.2, -0.15) is 11.8 Å². The van der Waals surface area contributed by atoms with Gasteiger partial charge in [-0.1, -0.05) is 24.3 Å². The topological polar surface area (TPSA) is 38.3 Å². The number of carbonyl (C=O) groups is 1. The van der Waals surface area contributed by atoms with E-state index in [-0.39, 0.29) is 5.91 Å². The third-order valence-electron chi connectivity index (χ3n) is 2.17. The van der Waals surface area contributed by atoms with Crippen molar-refractivity contribution in [3.63, 3.8) is 0 Å². The molecule has 1 amide bonds. The predicted octanol–water partition coefficient (Wildman–Crippen LogP) is 1.81. The van der Waals surface area contributed by atoms with Crippen molar-refractivity contribution in [2.75, 3.05) is 19.1 Å². The number of rotatable bonds is 6. The lowest BCUT2D eigenvalue weighted by Gasteiger charge is -2.09. The molecule has 3 nitrogen and oxygen atoms in total. The van der Waals surface area contributed by atoms with Crippen molar-refractivity contribution in [3.05, 3.63) is 35.4 Å². The highest BCUT2D eigenvalue weighted by Gasteiger charge is 2.03.